The zero-order valence-corrected chi connectivity index (χ0v) is 11.8. The van der Waals surface area contributed by atoms with Crippen LogP contribution < -0.4 is 5.32 Å². The van der Waals surface area contributed by atoms with E-state index in [1.807, 2.05) is 27.7 Å². The topological polar surface area (TPSA) is 58.6 Å². The molecule has 1 aliphatic carbocycles. The SMILES string of the molecule is C/C=C(/O)C1CCC(NC(=O)OC(C)(C)C)CC1. The maximum Gasteiger partial charge on any atom is 0.407 e. The van der Waals surface area contributed by atoms with Crippen LogP contribution in [0, 0.1) is 5.92 Å². The van der Waals surface area contributed by atoms with Crippen molar-refractivity contribution < 1.29 is 14.6 Å². The minimum Gasteiger partial charge on any atom is -0.512 e. The second-order valence-corrected chi connectivity index (χ2v) is 5.91. The van der Waals surface area contributed by atoms with Crippen LogP contribution in [0.3, 0.4) is 0 Å². The molecule has 1 amide bonds. The normalized spacial score (nSPS) is 25.7. The molecular weight excluding hydrogens is 230 g/mol. The van der Waals surface area contributed by atoms with E-state index < -0.39 is 5.60 Å². The Morgan fingerprint density at radius 3 is 2.28 bits per heavy atom. The van der Waals surface area contributed by atoms with Crippen LogP contribution in [0.2, 0.25) is 0 Å². The highest BCUT2D eigenvalue weighted by atomic mass is 16.6. The van der Waals surface area contributed by atoms with Crippen LogP contribution in [-0.4, -0.2) is 22.8 Å². The molecule has 0 bridgehead atoms. The van der Waals surface area contributed by atoms with Crippen molar-refractivity contribution in [2.75, 3.05) is 0 Å². The second-order valence-electron chi connectivity index (χ2n) is 5.91. The smallest absolute Gasteiger partial charge is 0.407 e. The molecule has 1 fully saturated rings. The molecular formula is C14H25NO3. The highest BCUT2D eigenvalue weighted by molar-refractivity contribution is 5.68. The zero-order valence-electron chi connectivity index (χ0n) is 11.8. The number of hydrogen-bond acceptors (Lipinski definition) is 3. The third-order valence-electron chi connectivity index (χ3n) is 3.16. The van der Waals surface area contributed by atoms with Crippen molar-refractivity contribution in [1.29, 1.82) is 0 Å². The maximum absolute atomic E-state index is 11.6. The summed E-state index contributed by atoms with van der Waals surface area (Å²) in [4.78, 5) is 11.6. The van der Waals surface area contributed by atoms with Crippen molar-refractivity contribution in [1.82, 2.24) is 5.32 Å². The van der Waals surface area contributed by atoms with E-state index in [0.29, 0.717) is 5.76 Å². The molecule has 0 aromatic carbocycles. The van der Waals surface area contributed by atoms with Gasteiger partial charge in [0.2, 0.25) is 0 Å². The summed E-state index contributed by atoms with van der Waals surface area (Å²) < 4.78 is 5.23. The fourth-order valence-corrected chi connectivity index (χ4v) is 2.24. The maximum atomic E-state index is 11.6. The zero-order chi connectivity index (χ0) is 13.8. The van der Waals surface area contributed by atoms with Crippen LogP contribution in [0.4, 0.5) is 4.79 Å². The van der Waals surface area contributed by atoms with E-state index in [0.717, 1.165) is 25.7 Å². The number of carbonyl (C=O) groups excluding carboxylic acids is 1. The van der Waals surface area contributed by atoms with Crippen LogP contribution in [-0.2, 0) is 4.74 Å². The van der Waals surface area contributed by atoms with Crippen LogP contribution in [0.1, 0.15) is 53.4 Å². The Balaban J connectivity index is 2.34. The number of amides is 1. The van der Waals surface area contributed by atoms with Gasteiger partial charge in [0.15, 0.2) is 0 Å². The van der Waals surface area contributed by atoms with Crippen LogP contribution in [0.25, 0.3) is 0 Å². The highest BCUT2D eigenvalue weighted by Gasteiger charge is 2.26. The van der Waals surface area contributed by atoms with Crippen LogP contribution in [0.5, 0.6) is 0 Å². The number of allylic oxidation sites excluding steroid dienone is 2. The molecule has 0 aliphatic heterocycles. The van der Waals surface area contributed by atoms with Crippen molar-refractivity contribution in [2.24, 2.45) is 5.92 Å². The largest absolute Gasteiger partial charge is 0.512 e. The molecule has 0 saturated heterocycles. The van der Waals surface area contributed by atoms with E-state index >= 15 is 0 Å². The fourth-order valence-electron chi connectivity index (χ4n) is 2.24. The number of carbonyl (C=O) groups is 1. The van der Waals surface area contributed by atoms with Gasteiger partial charge in [-0.2, -0.15) is 0 Å². The summed E-state index contributed by atoms with van der Waals surface area (Å²) in [6.45, 7) is 7.41. The molecule has 0 aromatic rings. The number of rotatable bonds is 2. The third-order valence-corrected chi connectivity index (χ3v) is 3.16. The Morgan fingerprint density at radius 2 is 1.83 bits per heavy atom. The lowest BCUT2D eigenvalue weighted by Gasteiger charge is -2.29. The second kappa shape index (κ2) is 6.12. The molecule has 0 atom stereocenters. The summed E-state index contributed by atoms with van der Waals surface area (Å²) >= 11 is 0. The first-order chi connectivity index (χ1) is 8.31. The Morgan fingerprint density at radius 1 is 1.28 bits per heavy atom. The highest BCUT2D eigenvalue weighted by Crippen LogP contribution is 2.28. The molecule has 0 heterocycles. The minimum atomic E-state index is -0.454. The number of aliphatic hydroxyl groups is 1. The minimum absolute atomic E-state index is 0.167. The Labute approximate surface area is 109 Å². The summed E-state index contributed by atoms with van der Waals surface area (Å²) in [7, 11) is 0. The Hall–Kier alpha value is -1.19. The van der Waals surface area contributed by atoms with E-state index in [4.69, 9.17) is 4.74 Å². The first-order valence-electron chi connectivity index (χ1n) is 6.66. The monoisotopic (exact) mass is 255 g/mol. The van der Waals surface area contributed by atoms with E-state index in [9.17, 15) is 9.90 Å². The standard InChI is InChI=1S/C14H25NO3/c1-5-12(16)10-6-8-11(9-7-10)15-13(17)18-14(2,3)4/h5,10-11,16H,6-9H2,1-4H3,(H,15,17)/b12-5+. The lowest BCUT2D eigenvalue weighted by atomic mass is 9.85. The van der Waals surface area contributed by atoms with Gasteiger partial charge in [0.25, 0.3) is 0 Å². The third kappa shape index (κ3) is 4.98. The number of hydrogen-bond donors (Lipinski definition) is 2. The number of aliphatic hydroxyl groups excluding tert-OH is 1. The number of ether oxygens (including phenoxy) is 1. The van der Waals surface area contributed by atoms with Gasteiger partial charge in [-0.25, -0.2) is 4.79 Å². The summed E-state index contributed by atoms with van der Waals surface area (Å²) in [5.74, 6) is 0.734. The summed E-state index contributed by atoms with van der Waals surface area (Å²) in [6, 6.07) is 0.167. The average Bonchev–Trinajstić information content (AvgIpc) is 2.26. The number of alkyl carbamates (subject to hydrolysis) is 1. The van der Waals surface area contributed by atoms with Gasteiger partial charge in [0, 0.05) is 12.0 Å². The van der Waals surface area contributed by atoms with Crippen LogP contribution in [0.15, 0.2) is 11.8 Å². The van der Waals surface area contributed by atoms with Gasteiger partial charge in [-0.1, -0.05) is 0 Å². The summed E-state index contributed by atoms with van der Waals surface area (Å²) in [6.07, 6.45) is 5.02. The van der Waals surface area contributed by atoms with E-state index in [1.54, 1.807) is 6.08 Å². The molecule has 1 saturated carbocycles. The van der Waals surface area contributed by atoms with Crippen molar-refractivity contribution in [3.8, 4) is 0 Å². The van der Waals surface area contributed by atoms with E-state index in [2.05, 4.69) is 5.32 Å². The molecule has 1 aliphatic rings. The van der Waals surface area contributed by atoms with Crippen molar-refractivity contribution in [2.45, 2.75) is 65.0 Å². The predicted molar refractivity (Wildman–Crippen MR) is 71.5 cm³/mol. The fraction of sp³-hybridized carbons (Fsp3) is 0.786. The predicted octanol–water partition coefficient (Wildman–Crippen LogP) is 3.53. The molecule has 4 nitrogen and oxygen atoms in total. The molecule has 2 N–H and O–H groups in total. The molecule has 4 heteroatoms. The molecule has 18 heavy (non-hydrogen) atoms. The van der Waals surface area contributed by atoms with Gasteiger partial charge >= 0.3 is 6.09 Å². The van der Waals surface area contributed by atoms with E-state index in [1.165, 1.54) is 0 Å². The van der Waals surface area contributed by atoms with Crippen molar-refractivity contribution in [3.63, 3.8) is 0 Å². The van der Waals surface area contributed by atoms with Gasteiger partial charge in [-0.05, 0) is 59.5 Å². The summed E-state index contributed by atoms with van der Waals surface area (Å²) in [5.41, 5.74) is -0.454. The quantitative estimate of drug-likeness (QED) is 0.742. The molecule has 0 unspecified atom stereocenters. The van der Waals surface area contributed by atoms with Gasteiger partial charge in [0.1, 0.15) is 5.60 Å². The van der Waals surface area contributed by atoms with Gasteiger partial charge in [-0.15, -0.1) is 0 Å². The Bertz CT molecular complexity index is 309. The molecule has 1 rings (SSSR count). The van der Waals surface area contributed by atoms with Gasteiger partial charge in [0.05, 0.1) is 5.76 Å². The average molecular weight is 255 g/mol. The lowest BCUT2D eigenvalue weighted by molar-refractivity contribution is 0.0487. The molecule has 0 aromatic heterocycles. The first kappa shape index (κ1) is 14.9. The lowest BCUT2D eigenvalue weighted by Crippen LogP contribution is -2.41. The Kier molecular flexibility index (Phi) is 5.05. The van der Waals surface area contributed by atoms with E-state index in [-0.39, 0.29) is 18.1 Å². The number of nitrogens with one attached hydrogen (secondary N) is 1. The summed E-state index contributed by atoms with van der Waals surface area (Å²) in [5, 5.41) is 12.5. The first-order valence-corrected chi connectivity index (χ1v) is 6.66. The molecule has 104 valence electrons. The van der Waals surface area contributed by atoms with Gasteiger partial charge < -0.3 is 15.2 Å². The van der Waals surface area contributed by atoms with Crippen molar-refractivity contribution in [3.05, 3.63) is 11.8 Å². The molecule has 0 spiro atoms. The van der Waals surface area contributed by atoms with Crippen molar-refractivity contribution >= 4 is 6.09 Å². The van der Waals surface area contributed by atoms with Crippen LogP contribution >= 0.6 is 0 Å². The van der Waals surface area contributed by atoms with Gasteiger partial charge in [-0.3, -0.25) is 0 Å². The molecule has 0 radical (unpaired) electrons.